The Bertz CT molecular complexity index is 601. The summed E-state index contributed by atoms with van der Waals surface area (Å²) in [5, 5.41) is 0. The number of carbonyl (C=O) groups excluding carboxylic acids is 1. The van der Waals surface area contributed by atoms with Crippen LogP contribution in [0, 0.1) is 0 Å². The lowest BCUT2D eigenvalue weighted by Crippen LogP contribution is -2.48. The van der Waals surface area contributed by atoms with Gasteiger partial charge in [-0.3, -0.25) is 4.79 Å². The van der Waals surface area contributed by atoms with Gasteiger partial charge in [-0.2, -0.15) is 4.31 Å². The summed E-state index contributed by atoms with van der Waals surface area (Å²) in [6.45, 7) is 5.78. The summed E-state index contributed by atoms with van der Waals surface area (Å²) in [5.41, 5.74) is 0.403. The molecule has 0 amide bonds. The van der Waals surface area contributed by atoms with Gasteiger partial charge in [0.15, 0.2) is 5.78 Å². The first-order chi connectivity index (χ1) is 9.30. The van der Waals surface area contributed by atoms with Crippen LogP contribution in [0.15, 0.2) is 29.2 Å². The number of hydrogen-bond acceptors (Lipinski definition) is 4. The van der Waals surface area contributed by atoms with Crippen molar-refractivity contribution < 1.29 is 17.9 Å². The molecule has 5 nitrogen and oxygen atoms in total. The van der Waals surface area contributed by atoms with Crippen LogP contribution in [-0.4, -0.2) is 43.8 Å². The molecular weight excluding hydrogens is 278 g/mol. The van der Waals surface area contributed by atoms with Gasteiger partial charge in [0.05, 0.1) is 17.1 Å². The van der Waals surface area contributed by atoms with Crippen molar-refractivity contribution in [2.45, 2.75) is 37.9 Å². The van der Waals surface area contributed by atoms with E-state index in [1.807, 2.05) is 13.8 Å². The molecule has 1 aromatic rings. The molecule has 1 fully saturated rings. The average molecular weight is 297 g/mol. The second-order valence-electron chi connectivity index (χ2n) is 5.16. The molecule has 1 aliphatic rings. The molecule has 0 saturated carbocycles. The lowest BCUT2D eigenvalue weighted by molar-refractivity contribution is -0.0440. The minimum absolute atomic E-state index is 0.135. The molecule has 110 valence electrons. The first-order valence-electron chi connectivity index (χ1n) is 6.57. The molecule has 0 unspecified atom stereocenters. The van der Waals surface area contributed by atoms with Crippen molar-refractivity contribution in [2.24, 2.45) is 0 Å². The van der Waals surface area contributed by atoms with E-state index in [2.05, 4.69) is 0 Å². The number of carbonyl (C=O) groups is 1. The highest BCUT2D eigenvalue weighted by Crippen LogP contribution is 2.21. The van der Waals surface area contributed by atoms with E-state index in [0.29, 0.717) is 18.7 Å². The highest BCUT2D eigenvalue weighted by molar-refractivity contribution is 7.89. The van der Waals surface area contributed by atoms with Gasteiger partial charge in [-0.15, -0.1) is 0 Å². The van der Waals surface area contributed by atoms with Gasteiger partial charge in [0, 0.05) is 18.7 Å². The first-order valence-corrected chi connectivity index (χ1v) is 8.01. The Kier molecular flexibility index (Phi) is 4.27. The minimum Gasteiger partial charge on any atom is -0.373 e. The maximum absolute atomic E-state index is 12.6. The molecule has 0 aromatic heterocycles. The lowest BCUT2D eigenvalue weighted by Gasteiger charge is -2.34. The van der Waals surface area contributed by atoms with Crippen molar-refractivity contribution in [3.8, 4) is 0 Å². The van der Waals surface area contributed by atoms with E-state index in [9.17, 15) is 13.2 Å². The second-order valence-corrected chi connectivity index (χ2v) is 7.10. The summed E-state index contributed by atoms with van der Waals surface area (Å²) < 4.78 is 32.2. The van der Waals surface area contributed by atoms with Crippen LogP contribution in [0.5, 0.6) is 0 Å². The first kappa shape index (κ1) is 15.2. The van der Waals surface area contributed by atoms with E-state index < -0.39 is 10.0 Å². The van der Waals surface area contributed by atoms with E-state index in [-0.39, 0.29) is 22.9 Å². The van der Waals surface area contributed by atoms with Crippen LogP contribution in [0.1, 0.15) is 31.1 Å². The summed E-state index contributed by atoms with van der Waals surface area (Å²) >= 11 is 0. The van der Waals surface area contributed by atoms with Crippen molar-refractivity contribution in [3.05, 3.63) is 29.8 Å². The van der Waals surface area contributed by atoms with Crippen LogP contribution in [-0.2, 0) is 14.8 Å². The van der Waals surface area contributed by atoms with Gasteiger partial charge in [0.1, 0.15) is 0 Å². The van der Waals surface area contributed by atoms with Gasteiger partial charge in [-0.25, -0.2) is 8.42 Å². The summed E-state index contributed by atoms with van der Waals surface area (Å²) in [6.07, 6.45) is -0.269. The molecule has 1 heterocycles. The summed E-state index contributed by atoms with van der Waals surface area (Å²) in [5.74, 6) is -0.147. The predicted octanol–water partition coefficient (Wildman–Crippen LogP) is 1.69. The largest absolute Gasteiger partial charge is 0.373 e. The molecule has 6 heteroatoms. The number of Topliss-reactive ketones (excluding diaryl/α,β-unsaturated/α-hetero) is 1. The monoisotopic (exact) mass is 297 g/mol. The summed E-state index contributed by atoms with van der Waals surface area (Å²) in [6, 6.07) is 6.16. The Balaban J connectivity index is 2.34. The number of nitrogens with zero attached hydrogens (tertiary/aromatic N) is 1. The average Bonchev–Trinajstić information content (AvgIpc) is 2.37. The van der Waals surface area contributed by atoms with Gasteiger partial charge in [0.2, 0.25) is 10.0 Å². The Morgan fingerprint density at radius 3 is 2.40 bits per heavy atom. The van der Waals surface area contributed by atoms with Crippen LogP contribution in [0.3, 0.4) is 0 Å². The number of benzene rings is 1. The maximum Gasteiger partial charge on any atom is 0.243 e. The molecule has 0 aliphatic carbocycles. The molecule has 0 radical (unpaired) electrons. The minimum atomic E-state index is -3.58. The third kappa shape index (κ3) is 3.08. The fourth-order valence-corrected chi connectivity index (χ4v) is 3.99. The Hall–Kier alpha value is -1.24. The fraction of sp³-hybridized carbons (Fsp3) is 0.500. The van der Waals surface area contributed by atoms with Crippen LogP contribution in [0.2, 0.25) is 0 Å². The highest BCUT2D eigenvalue weighted by atomic mass is 32.2. The van der Waals surface area contributed by atoms with Gasteiger partial charge in [0.25, 0.3) is 0 Å². The summed E-state index contributed by atoms with van der Waals surface area (Å²) in [7, 11) is -3.58. The zero-order chi connectivity index (χ0) is 14.9. The molecule has 2 atom stereocenters. The predicted molar refractivity (Wildman–Crippen MR) is 75.2 cm³/mol. The Morgan fingerprint density at radius 1 is 1.25 bits per heavy atom. The molecule has 1 aromatic carbocycles. The molecule has 0 bridgehead atoms. The highest BCUT2D eigenvalue weighted by Gasteiger charge is 2.32. The van der Waals surface area contributed by atoms with Gasteiger partial charge in [-0.05, 0) is 32.9 Å². The number of morpholine rings is 1. The zero-order valence-electron chi connectivity index (χ0n) is 11.9. The molecule has 1 saturated heterocycles. The molecule has 1 aliphatic heterocycles. The van der Waals surface area contributed by atoms with E-state index in [4.69, 9.17) is 4.74 Å². The number of ketones is 1. The van der Waals surface area contributed by atoms with Gasteiger partial charge >= 0.3 is 0 Å². The van der Waals surface area contributed by atoms with Crippen molar-refractivity contribution in [1.29, 1.82) is 0 Å². The smallest absolute Gasteiger partial charge is 0.243 e. The van der Waals surface area contributed by atoms with Crippen molar-refractivity contribution >= 4 is 15.8 Å². The molecular formula is C14H19NO4S. The zero-order valence-corrected chi connectivity index (χ0v) is 12.7. The summed E-state index contributed by atoms with van der Waals surface area (Å²) in [4.78, 5) is 11.5. The van der Waals surface area contributed by atoms with Crippen LogP contribution < -0.4 is 0 Å². The third-order valence-corrected chi connectivity index (χ3v) is 5.09. The van der Waals surface area contributed by atoms with E-state index >= 15 is 0 Å². The van der Waals surface area contributed by atoms with Crippen LogP contribution in [0.4, 0.5) is 0 Å². The molecule has 0 N–H and O–H groups in total. The number of sulfonamides is 1. The third-order valence-electron chi connectivity index (χ3n) is 3.26. The molecule has 2 rings (SSSR count). The quantitative estimate of drug-likeness (QED) is 0.796. The molecule has 20 heavy (non-hydrogen) atoms. The number of hydrogen-bond donors (Lipinski definition) is 0. The van der Waals surface area contributed by atoms with E-state index in [1.165, 1.54) is 23.4 Å². The normalized spacial score (nSPS) is 24.6. The number of ether oxygens (including phenoxy) is 1. The van der Waals surface area contributed by atoms with E-state index in [0.717, 1.165) is 0 Å². The topological polar surface area (TPSA) is 63.7 Å². The van der Waals surface area contributed by atoms with Crippen molar-refractivity contribution in [1.82, 2.24) is 4.31 Å². The van der Waals surface area contributed by atoms with Crippen molar-refractivity contribution in [3.63, 3.8) is 0 Å². The number of rotatable bonds is 3. The van der Waals surface area contributed by atoms with Crippen molar-refractivity contribution in [2.75, 3.05) is 13.1 Å². The van der Waals surface area contributed by atoms with Gasteiger partial charge < -0.3 is 4.74 Å². The SMILES string of the molecule is CC(=O)c1cccc(S(=O)(=O)N2C[C@H](C)O[C@@H](C)C2)c1. The van der Waals surface area contributed by atoms with Gasteiger partial charge in [-0.1, -0.05) is 12.1 Å². The lowest BCUT2D eigenvalue weighted by atomic mass is 10.2. The Morgan fingerprint density at radius 2 is 1.85 bits per heavy atom. The van der Waals surface area contributed by atoms with E-state index in [1.54, 1.807) is 12.1 Å². The standard InChI is InChI=1S/C14H19NO4S/c1-10-8-15(9-11(2)19-10)20(17,18)14-6-4-5-13(7-14)12(3)16/h4-7,10-11H,8-9H2,1-3H3/t10-,11-/m0/s1. The van der Waals surface area contributed by atoms with Crippen LogP contribution >= 0.6 is 0 Å². The Labute approximate surface area is 119 Å². The maximum atomic E-state index is 12.6. The van der Waals surface area contributed by atoms with Crippen LogP contribution in [0.25, 0.3) is 0 Å². The molecule has 0 spiro atoms. The fourth-order valence-electron chi connectivity index (χ4n) is 2.35. The second kappa shape index (κ2) is 5.63.